The monoisotopic (exact) mass is 308 g/mol. The zero-order chi connectivity index (χ0) is 15.9. The van der Waals surface area contributed by atoms with Crippen LogP contribution in [0.1, 0.15) is 11.1 Å². The summed E-state index contributed by atoms with van der Waals surface area (Å²) in [5, 5.41) is 6.28. The van der Waals surface area contributed by atoms with Crippen molar-refractivity contribution in [2.75, 3.05) is 10.6 Å². The first-order valence-electron chi connectivity index (χ1n) is 7.39. The molecule has 2 aromatic carbocycles. The van der Waals surface area contributed by atoms with E-state index in [0.29, 0.717) is 24.6 Å². The number of aromatic nitrogens is 2. The molecule has 4 nitrogen and oxygen atoms in total. The van der Waals surface area contributed by atoms with Gasteiger partial charge in [0.05, 0.1) is 0 Å². The molecule has 0 atom stereocenters. The largest absolute Gasteiger partial charge is 0.366 e. The summed E-state index contributed by atoms with van der Waals surface area (Å²) in [5.41, 5.74) is 1.76. The molecule has 3 aromatic rings. The van der Waals surface area contributed by atoms with Gasteiger partial charge in [0.2, 0.25) is 5.95 Å². The standard InChI is InChI=1S/C18H17FN4/c19-16-9-5-4-8-15(16)13-22-18-20-11-10-17(23-18)21-12-14-6-2-1-3-7-14/h1-11H,12-13H2,(H2,20,21,22,23). The molecule has 23 heavy (non-hydrogen) atoms. The molecular formula is C18H17FN4. The third-order valence-corrected chi connectivity index (χ3v) is 3.37. The van der Waals surface area contributed by atoms with Gasteiger partial charge in [0.15, 0.2) is 0 Å². The summed E-state index contributed by atoms with van der Waals surface area (Å²) in [6.07, 6.45) is 1.67. The highest BCUT2D eigenvalue weighted by Gasteiger charge is 2.03. The molecule has 0 amide bonds. The van der Waals surface area contributed by atoms with Gasteiger partial charge in [0.25, 0.3) is 0 Å². The molecule has 5 heteroatoms. The lowest BCUT2D eigenvalue weighted by Gasteiger charge is -2.09. The first-order valence-corrected chi connectivity index (χ1v) is 7.39. The molecule has 0 aliphatic rings. The van der Waals surface area contributed by atoms with Gasteiger partial charge in [-0.05, 0) is 17.7 Å². The Balaban J connectivity index is 1.60. The Hall–Kier alpha value is -2.95. The molecule has 0 radical (unpaired) electrons. The highest BCUT2D eigenvalue weighted by Crippen LogP contribution is 2.11. The van der Waals surface area contributed by atoms with Crippen LogP contribution in [0.15, 0.2) is 66.9 Å². The number of halogens is 1. The van der Waals surface area contributed by atoms with Gasteiger partial charge in [-0.15, -0.1) is 0 Å². The minimum Gasteiger partial charge on any atom is -0.366 e. The second kappa shape index (κ2) is 7.35. The molecule has 0 fully saturated rings. The molecule has 1 aromatic heterocycles. The van der Waals surface area contributed by atoms with Crippen LogP contribution in [0.5, 0.6) is 0 Å². The average Bonchev–Trinajstić information content (AvgIpc) is 2.61. The van der Waals surface area contributed by atoms with E-state index < -0.39 is 0 Å². The number of anilines is 2. The van der Waals surface area contributed by atoms with Crippen molar-refractivity contribution in [1.29, 1.82) is 0 Å². The Labute approximate surface area is 134 Å². The van der Waals surface area contributed by atoms with Crippen LogP contribution in [0.25, 0.3) is 0 Å². The molecule has 2 N–H and O–H groups in total. The van der Waals surface area contributed by atoms with E-state index in [1.54, 1.807) is 30.5 Å². The zero-order valence-corrected chi connectivity index (χ0v) is 12.5. The van der Waals surface area contributed by atoms with E-state index >= 15 is 0 Å². The maximum absolute atomic E-state index is 13.6. The Kier molecular flexibility index (Phi) is 4.79. The fraction of sp³-hybridized carbons (Fsp3) is 0.111. The van der Waals surface area contributed by atoms with Gasteiger partial charge in [-0.1, -0.05) is 48.5 Å². The van der Waals surface area contributed by atoms with Crippen LogP contribution in [0.3, 0.4) is 0 Å². The van der Waals surface area contributed by atoms with Gasteiger partial charge in [-0.25, -0.2) is 9.37 Å². The molecule has 1 heterocycles. The summed E-state index contributed by atoms with van der Waals surface area (Å²) in [6.45, 7) is 1.03. The average molecular weight is 308 g/mol. The summed E-state index contributed by atoms with van der Waals surface area (Å²) < 4.78 is 13.6. The summed E-state index contributed by atoms with van der Waals surface area (Å²) in [6, 6.07) is 18.5. The number of benzene rings is 2. The highest BCUT2D eigenvalue weighted by atomic mass is 19.1. The molecule has 0 spiro atoms. The topological polar surface area (TPSA) is 49.8 Å². The van der Waals surface area contributed by atoms with E-state index in [-0.39, 0.29) is 5.82 Å². The predicted octanol–water partition coefficient (Wildman–Crippen LogP) is 3.84. The van der Waals surface area contributed by atoms with Gasteiger partial charge in [-0.2, -0.15) is 4.98 Å². The molecule has 0 saturated carbocycles. The van der Waals surface area contributed by atoms with Crippen LogP contribution in [0.2, 0.25) is 0 Å². The maximum atomic E-state index is 13.6. The number of nitrogens with one attached hydrogen (secondary N) is 2. The van der Waals surface area contributed by atoms with E-state index in [1.807, 2.05) is 30.3 Å². The lowest BCUT2D eigenvalue weighted by Crippen LogP contribution is -2.07. The first-order chi connectivity index (χ1) is 11.3. The molecule has 0 unspecified atom stereocenters. The Morgan fingerprint density at radius 2 is 1.61 bits per heavy atom. The summed E-state index contributed by atoms with van der Waals surface area (Å²) in [5.74, 6) is 0.949. The van der Waals surface area contributed by atoms with Crippen LogP contribution in [0, 0.1) is 5.82 Å². The molecule has 116 valence electrons. The van der Waals surface area contributed by atoms with E-state index in [0.717, 1.165) is 5.82 Å². The zero-order valence-electron chi connectivity index (χ0n) is 12.5. The first kappa shape index (κ1) is 15.0. The normalized spacial score (nSPS) is 10.3. The number of hydrogen-bond donors (Lipinski definition) is 2. The molecule has 0 bridgehead atoms. The Morgan fingerprint density at radius 1 is 0.826 bits per heavy atom. The lowest BCUT2D eigenvalue weighted by atomic mass is 10.2. The van der Waals surface area contributed by atoms with Crippen LogP contribution in [-0.4, -0.2) is 9.97 Å². The van der Waals surface area contributed by atoms with Crippen molar-refractivity contribution in [3.8, 4) is 0 Å². The third-order valence-electron chi connectivity index (χ3n) is 3.37. The minimum atomic E-state index is -0.238. The molecular weight excluding hydrogens is 291 g/mol. The SMILES string of the molecule is Fc1ccccc1CNc1nccc(NCc2ccccc2)n1. The van der Waals surface area contributed by atoms with E-state index in [2.05, 4.69) is 20.6 Å². The van der Waals surface area contributed by atoms with Crippen molar-refractivity contribution >= 4 is 11.8 Å². The third kappa shape index (κ3) is 4.26. The van der Waals surface area contributed by atoms with Gasteiger partial charge in [-0.3, -0.25) is 0 Å². The van der Waals surface area contributed by atoms with Gasteiger partial charge < -0.3 is 10.6 Å². The van der Waals surface area contributed by atoms with Gasteiger partial charge in [0, 0.05) is 24.8 Å². The van der Waals surface area contributed by atoms with Crippen LogP contribution in [0.4, 0.5) is 16.2 Å². The lowest BCUT2D eigenvalue weighted by molar-refractivity contribution is 0.612. The predicted molar refractivity (Wildman–Crippen MR) is 89.5 cm³/mol. The van der Waals surface area contributed by atoms with Gasteiger partial charge in [0.1, 0.15) is 11.6 Å². The summed E-state index contributed by atoms with van der Waals surface area (Å²) in [4.78, 5) is 8.53. The molecule has 3 rings (SSSR count). The Bertz CT molecular complexity index is 762. The van der Waals surface area contributed by atoms with Crippen molar-refractivity contribution in [2.24, 2.45) is 0 Å². The smallest absolute Gasteiger partial charge is 0.224 e. The van der Waals surface area contributed by atoms with E-state index in [4.69, 9.17) is 0 Å². The summed E-state index contributed by atoms with van der Waals surface area (Å²) in [7, 11) is 0. The van der Waals surface area contributed by atoms with Crippen molar-refractivity contribution in [3.63, 3.8) is 0 Å². The second-order valence-electron chi connectivity index (χ2n) is 5.05. The van der Waals surface area contributed by atoms with E-state index in [9.17, 15) is 4.39 Å². The van der Waals surface area contributed by atoms with Crippen molar-refractivity contribution in [1.82, 2.24) is 9.97 Å². The van der Waals surface area contributed by atoms with Gasteiger partial charge >= 0.3 is 0 Å². The quantitative estimate of drug-likeness (QED) is 0.726. The van der Waals surface area contributed by atoms with Crippen molar-refractivity contribution < 1.29 is 4.39 Å². The minimum absolute atomic E-state index is 0.238. The molecule has 0 saturated heterocycles. The number of nitrogens with zero attached hydrogens (tertiary/aromatic N) is 2. The molecule has 0 aliphatic carbocycles. The van der Waals surface area contributed by atoms with E-state index in [1.165, 1.54) is 11.6 Å². The summed E-state index contributed by atoms with van der Waals surface area (Å²) >= 11 is 0. The molecule has 0 aliphatic heterocycles. The highest BCUT2D eigenvalue weighted by molar-refractivity contribution is 5.40. The maximum Gasteiger partial charge on any atom is 0.224 e. The van der Waals surface area contributed by atoms with Crippen molar-refractivity contribution in [3.05, 3.63) is 83.8 Å². The van der Waals surface area contributed by atoms with Crippen LogP contribution >= 0.6 is 0 Å². The number of rotatable bonds is 6. The van der Waals surface area contributed by atoms with Crippen LogP contribution in [-0.2, 0) is 13.1 Å². The Morgan fingerprint density at radius 3 is 2.43 bits per heavy atom. The number of hydrogen-bond acceptors (Lipinski definition) is 4. The van der Waals surface area contributed by atoms with Crippen molar-refractivity contribution in [2.45, 2.75) is 13.1 Å². The van der Waals surface area contributed by atoms with Crippen LogP contribution < -0.4 is 10.6 Å². The second-order valence-corrected chi connectivity index (χ2v) is 5.05. The fourth-order valence-electron chi connectivity index (χ4n) is 2.15. The fourth-order valence-corrected chi connectivity index (χ4v) is 2.15.